The number of amides is 1. The number of aliphatic hydroxyl groups excluding tert-OH is 1. The van der Waals surface area contributed by atoms with Crippen molar-refractivity contribution in [1.82, 2.24) is 4.90 Å². The molecule has 2 atom stereocenters. The third-order valence-corrected chi connectivity index (χ3v) is 4.00. The van der Waals surface area contributed by atoms with E-state index in [-0.39, 0.29) is 11.8 Å². The number of carbonyl (C=O) groups excluding carboxylic acids is 1. The molecule has 1 saturated heterocycles. The van der Waals surface area contributed by atoms with Crippen LogP contribution < -0.4 is 9.47 Å². The van der Waals surface area contributed by atoms with Gasteiger partial charge < -0.3 is 19.5 Å². The maximum absolute atomic E-state index is 12.6. The number of ether oxygens (including phenoxy) is 2. The smallest absolute Gasteiger partial charge is 0.257 e. The van der Waals surface area contributed by atoms with Crippen LogP contribution in [-0.4, -0.2) is 48.3 Å². The Morgan fingerprint density at radius 3 is 2.95 bits per heavy atom. The van der Waals surface area contributed by atoms with Gasteiger partial charge >= 0.3 is 0 Å². The van der Waals surface area contributed by atoms with Crippen LogP contribution in [-0.2, 0) is 0 Å². The third kappa shape index (κ3) is 2.33. The van der Waals surface area contributed by atoms with Gasteiger partial charge in [0.05, 0.1) is 11.7 Å². The van der Waals surface area contributed by atoms with E-state index in [1.807, 2.05) is 6.92 Å². The van der Waals surface area contributed by atoms with Crippen molar-refractivity contribution in [1.29, 1.82) is 0 Å². The van der Waals surface area contributed by atoms with Crippen molar-refractivity contribution >= 4 is 5.91 Å². The quantitative estimate of drug-likeness (QED) is 0.840. The van der Waals surface area contributed by atoms with Gasteiger partial charge in [-0.25, -0.2) is 0 Å². The van der Waals surface area contributed by atoms with Gasteiger partial charge in [-0.3, -0.25) is 4.79 Å². The molecule has 5 heteroatoms. The monoisotopic (exact) mass is 277 g/mol. The zero-order valence-electron chi connectivity index (χ0n) is 11.5. The summed E-state index contributed by atoms with van der Waals surface area (Å²) in [5, 5.41) is 9.93. The molecule has 0 spiro atoms. The van der Waals surface area contributed by atoms with E-state index in [9.17, 15) is 9.90 Å². The molecule has 2 aliphatic rings. The van der Waals surface area contributed by atoms with Gasteiger partial charge in [-0.2, -0.15) is 0 Å². The largest absolute Gasteiger partial charge is 0.486 e. The van der Waals surface area contributed by atoms with Crippen molar-refractivity contribution in [2.45, 2.75) is 19.4 Å². The Morgan fingerprint density at radius 1 is 1.35 bits per heavy atom. The summed E-state index contributed by atoms with van der Waals surface area (Å²) >= 11 is 0. The van der Waals surface area contributed by atoms with Crippen LogP contribution in [0.2, 0.25) is 0 Å². The van der Waals surface area contributed by atoms with Gasteiger partial charge in [-0.05, 0) is 24.5 Å². The molecular weight excluding hydrogens is 258 g/mol. The first-order valence-electron chi connectivity index (χ1n) is 7.03. The molecule has 2 heterocycles. The van der Waals surface area contributed by atoms with Crippen molar-refractivity contribution in [3.63, 3.8) is 0 Å². The highest BCUT2D eigenvalue weighted by atomic mass is 16.6. The highest BCUT2D eigenvalue weighted by Gasteiger charge is 2.30. The minimum Gasteiger partial charge on any atom is -0.486 e. The summed E-state index contributed by atoms with van der Waals surface area (Å²) in [5.74, 6) is 1.28. The number of rotatable bonds is 1. The Kier molecular flexibility index (Phi) is 3.53. The van der Waals surface area contributed by atoms with Crippen molar-refractivity contribution in [3.05, 3.63) is 23.8 Å². The second-order valence-electron chi connectivity index (χ2n) is 5.41. The lowest BCUT2D eigenvalue weighted by atomic mass is 9.95. The van der Waals surface area contributed by atoms with E-state index in [0.29, 0.717) is 43.4 Å². The highest BCUT2D eigenvalue weighted by Crippen LogP contribution is 2.34. The molecule has 0 bridgehead atoms. The van der Waals surface area contributed by atoms with Gasteiger partial charge in [0.2, 0.25) is 0 Å². The van der Waals surface area contributed by atoms with Gasteiger partial charge in [0.1, 0.15) is 13.2 Å². The molecule has 0 aliphatic carbocycles. The molecule has 1 N–H and O–H groups in total. The van der Waals surface area contributed by atoms with Crippen LogP contribution in [0.15, 0.2) is 18.2 Å². The molecule has 2 unspecified atom stereocenters. The van der Waals surface area contributed by atoms with E-state index < -0.39 is 6.10 Å². The molecule has 108 valence electrons. The number of piperidine rings is 1. The zero-order chi connectivity index (χ0) is 14.1. The fourth-order valence-electron chi connectivity index (χ4n) is 2.65. The summed E-state index contributed by atoms with van der Waals surface area (Å²) in [6.45, 7) is 4.02. The van der Waals surface area contributed by atoms with E-state index >= 15 is 0 Å². The average molecular weight is 277 g/mol. The molecule has 1 aromatic rings. The molecule has 1 fully saturated rings. The topological polar surface area (TPSA) is 59.0 Å². The number of nitrogens with zero attached hydrogens (tertiary/aromatic N) is 1. The first-order valence-corrected chi connectivity index (χ1v) is 7.03. The predicted molar refractivity (Wildman–Crippen MR) is 73.1 cm³/mol. The molecule has 0 radical (unpaired) electrons. The number of carbonyl (C=O) groups is 1. The molecule has 5 nitrogen and oxygen atoms in total. The van der Waals surface area contributed by atoms with Crippen LogP contribution >= 0.6 is 0 Å². The van der Waals surface area contributed by atoms with Crippen LogP contribution in [0, 0.1) is 5.92 Å². The minimum absolute atomic E-state index is 0.0988. The zero-order valence-corrected chi connectivity index (χ0v) is 11.5. The number of aliphatic hydroxyl groups is 1. The fraction of sp³-hybridized carbons (Fsp3) is 0.533. The molecular formula is C15H19NO4. The van der Waals surface area contributed by atoms with E-state index in [4.69, 9.17) is 9.47 Å². The van der Waals surface area contributed by atoms with E-state index in [1.165, 1.54) is 0 Å². The number of fused-ring (bicyclic) bond motifs is 1. The van der Waals surface area contributed by atoms with Crippen LogP contribution in [0.1, 0.15) is 23.7 Å². The van der Waals surface area contributed by atoms with Crippen LogP contribution in [0.5, 0.6) is 11.5 Å². The van der Waals surface area contributed by atoms with Gasteiger partial charge in [-0.1, -0.05) is 13.0 Å². The van der Waals surface area contributed by atoms with Gasteiger partial charge in [-0.15, -0.1) is 0 Å². The average Bonchev–Trinajstić information content (AvgIpc) is 2.49. The van der Waals surface area contributed by atoms with Crippen LogP contribution in [0.25, 0.3) is 0 Å². The second kappa shape index (κ2) is 5.32. The highest BCUT2D eigenvalue weighted by molar-refractivity contribution is 5.98. The number of hydrogen-bond donors (Lipinski definition) is 1. The second-order valence-corrected chi connectivity index (χ2v) is 5.41. The first-order chi connectivity index (χ1) is 9.66. The van der Waals surface area contributed by atoms with Crippen LogP contribution in [0.4, 0.5) is 0 Å². The predicted octanol–water partition coefficient (Wildman–Crippen LogP) is 1.30. The Balaban J connectivity index is 1.84. The van der Waals surface area contributed by atoms with E-state index in [0.717, 1.165) is 6.42 Å². The molecule has 20 heavy (non-hydrogen) atoms. The lowest BCUT2D eigenvalue weighted by Crippen LogP contribution is -2.46. The standard InChI is InChI=1S/C15H19NO4/c1-10-5-6-16(9-12(10)17)15(18)11-3-2-4-13-14(11)20-8-7-19-13/h2-4,10,12,17H,5-9H2,1H3. The number of β-amino-alcohol motifs (C(OH)–C–C–N with tert-alkyl or cyclic N) is 1. The summed E-state index contributed by atoms with van der Waals surface area (Å²) < 4.78 is 11.1. The summed E-state index contributed by atoms with van der Waals surface area (Å²) in [7, 11) is 0. The Labute approximate surface area is 118 Å². The van der Waals surface area contributed by atoms with Crippen molar-refractivity contribution in [2.24, 2.45) is 5.92 Å². The molecule has 0 aromatic heterocycles. The molecule has 0 saturated carbocycles. The fourth-order valence-corrected chi connectivity index (χ4v) is 2.65. The number of likely N-dealkylation sites (tertiary alicyclic amines) is 1. The van der Waals surface area contributed by atoms with Gasteiger partial charge in [0.25, 0.3) is 5.91 Å². The van der Waals surface area contributed by atoms with E-state index in [2.05, 4.69) is 0 Å². The molecule has 2 aliphatic heterocycles. The summed E-state index contributed by atoms with van der Waals surface area (Å²) in [5.41, 5.74) is 0.518. The maximum atomic E-state index is 12.6. The third-order valence-electron chi connectivity index (χ3n) is 4.00. The summed E-state index contributed by atoms with van der Waals surface area (Å²) in [6, 6.07) is 5.35. The Hall–Kier alpha value is -1.75. The van der Waals surface area contributed by atoms with Gasteiger partial charge in [0.15, 0.2) is 11.5 Å². The minimum atomic E-state index is -0.454. The lowest BCUT2D eigenvalue weighted by Gasteiger charge is -2.34. The summed E-state index contributed by atoms with van der Waals surface area (Å²) in [6.07, 6.45) is 0.364. The number of hydrogen-bond acceptors (Lipinski definition) is 4. The Morgan fingerprint density at radius 2 is 2.15 bits per heavy atom. The normalized spacial score (nSPS) is 25.4. The van der Waals surface area contributed by atoms with Gasteiger partial charge in [0, 0.05) is 13.1 Å². The van der Waals surface area contributed by atoms with Crippen molar-refractivity contribution in [2.75, 3.05) is 26.3 Å². The first kappa shape index (κ1) is 13.2. The molecule has 3 rings (SSSR count). The summed E-state index contributed by atoms with van der Waals surface area (Å²) in [4.78, 5) is 14.3. The van der Waals surface area contributed by atoms with E-state index in [1.54, 1.807) is 23.1 Å². The molecule has 1 amide bonds. The molecule has 1 aromatic carbocycles. The van der Waals surface area contributed by atoms with Crippen LogP contribution in [0.3, 0.4) is 0 Å². The number of benzene rings is 1. The SMILES string of the molecule is CC1CCN(C(=O)c2cccc3c2OCCO3)CC1O. The van der Waals surface area contributed by atoms with Crippen molar-refractivity contribution < 1.29 is 19.4 Å². The van der Waals surface area contributed by atoms with Crippen molar-refractivity contribution in [3.8, 4) is 11.5 Å². The maximum Gasteiger partial charge on any atom is 0.257 e. The number of para-hydroxylation sites is 1. The Bertz CT molecular complexity index is 517. The lowest BCUT2D eigenvalue weighted by molar-refractivity contribution is 0.0244.